The number of ether oxygens (including phenoxy) is 1. The van der Waals surface area contributed by atoms with Crippen LogP contribution in [0, 0.1) is 5.41 Å². The predicted molar refractivity (Wildman–Crippen MR) is 89.9 cm³/mol. The highest BCUT2D eigenvalue weighted by atomic mass is 79.9. The molecule has 1 aliphatic rings. The van der Waals surface area contributed by atoms with E-state index in [1.165, 1.54) is 50.5 Å². The van der Waals surface area contributed by atoms with Gasteiger partial charge >= 0.3 is 0 Å². The van der Waals surface area contributed by atoms with Gasteiger partial charge in [-0.3, -0.25) is 0 Å². The summed E-state index contributed by atoms with van der Waals surface area (Å²) in [6.07, 6.45) is 10.4. The first-order valence-corrected chi connectivity index (χ1v) is 9.18. The molecule has 0 bridgehead atoms. The maximum atomic E-state index is 6.10. The Morgan fingerprint density at radius 1 is 1.05 bits per heavy atom. The molecule has 0 N–H and O–H groups in total. The molecule has 1 aromatic rings. The third-order valence-corrected chi connectivity index (χ3v) is 5.64. The average Bonchev–Trinajstić information content (AvgIpc) is 2.73. The summed E-state index contributed by atoms with van der Waals surface area (Å²) in [7, 11) is 0. The van der Waals surface area contributed by atoms with Crippen LogP contribution in [0.15, 0.2) is 24.3 Å². The van der Waals surface area contributed by atoms with Gasteiger partial charge in [-0.15, -0.1) is 0 Å². The van der Waals surface area contributed by atoms with Gasteiger partial charge in [0, 0.05) is 10.7 Å². The Bertz CT molecular complexity index is 377. The highest BCUT2D eigenvalue weighted by Gasteiger charge is 2.30. The van der Waals surface area contributed by atoms with E-state index in [-0.39, 0.29) is 0 Å². The molecule has 0 radical (unpaired) electrons. The second-order valence-corrected chi connectivity index (χ2v) is 6.79. The van der Waals surface area contributed by atoms with E-state index in [2.05, 4.69) is 47.1 Å². The Hall–Kier alpha value is -0.500. The third-order valence-electron chi connectivity index (χ3n) is 4.45. The van der Waals surface area contributed by atoms with Crippen LogP contribution >= 0.6 is 15.9 Å². The molecule has 0 atom stereocenters. The van der Waals surface area contributed by atoms with E-state index in [0.29, 0.717) is 5.41 Å². The summed E-state index contributed by atoms with van der Waals surface area (Å²) in [5, 5.41) is 1.06. The monoisotopic (exact) mass is 338 g/mol. The zero-order chi connectivity index (χ0) is 14.3. The topological polar surface area (TPSA) is 9.23 Å². The second kappa shape index (κ2) is 8.07. The van der Waals surface area contributed by atoms with Crippen LogP contribution < -0.4 is 4.74 Å². The van der Waals surface area contributed by atoms with Gasteiger partial charge in [0.25, 0.3) is 0 Å². The van der Waals surface area contributed by atoms with Crippen LogP contribution in [0.5, 0.6) is 5.75 Å². The number of aryl methyl sites for hydroxylation is 1. The minimum Gasteiger partial charge on any atom is -0.493 e. The Morgan fingerprint density at radius 2 is 1.70 bits per heavy atom. The Labute approximate surface area is 132 Å². The van der Waals surface area contributed by atoms with Gasteiger partial charge in [-0.2, -0.15) is 0 Å². The second-order valence-electron chi connectivity index (χ2n) is 6.23. The number of benzene rings is 1. The number of halogens is 1. The molecule has 0 aromatic heterocycles. The van der Waals surface area contributed by atoms with E-state index >= 15 is 0 Å². The van der Waals surface area contributed by atoms with Gasteiger partial charge in [-0.1, -0.05) is 67.1 Å². The van der Waals surface area contributed by atoms with Gasteiger partial charge in [0.1, 0.15) is 5.75 Å². The molecule has 0 unspecified atom stereocenters. The van der Waals surface area contributed by atoms with Crippen molar-refractivity contribution in [2.75, 3.05) is 11.9 Å². The molecular weight excluding hydrogens is 312 g/mol. The number of hydrogen-bond donors (Lipinski definition) is 0. The van der Waals surface area contributed by atoms with Crippen LogP contribution in [0.2, 0.25) is 0 Å². The lowest BCUT2D eigenvalue weighted by Crippen LogP contribution is -2.29. The van der Waals surface area contributed by atoms with Crippen molar-refractivity contribution in [2.24, 2.45) is 5.41 Å². The van der Waals surface area contributed by atoms with Crippen molar-refractivity contribution in [1.29, 1.82) is 0 Å². The molecule has 2 heteroatoms. The van der Waals surface area contributed by atoms with E-state index in [4.69, 9.17) is 4.74 Å². The molecule has 20 heavy (non-hydrogen) atoms. The quantitative estimate of drug-likeness (QED) is 0.473. The first kappa shape index (κ1) is 15.9. The summed E-state index contributed by atoms with van der Waals surface area (Å²) >= 11 is 3.73. The van der Waals surface area contributed by atoms with Crippen molar-refractivity contribution in [1.82, 2.24) is 0 Å². The van der Waals surface area contributed by atoms with Crippen LogP contribution in [0.25, 0.3) is 0 Å². The van der Waals surface area contributed by atoms with Gasteiger partial charge < -0.3 is 4.74 Å². The molecular formula is C18H27BrO. The molecule has 1 nitrogen and oxygen atoms in total. The Balaban J connectivity index is 1.91. The van der Waals surface area contributed by atoms with Gasteiger partial charge in [0.15, 0.2) is 0 Å². The van der Waals surface area contributed by atoms with E-state index in [0.717, 1.165) is 24.1 Å². The SMILES string of the molecule is CCCc1ccc(OCC2(CBr)CCCCCC2)cc1. The van der Waals surface area contributed by atoms with E-state index in [1.807, 2.05) is 0 Å². The maximum absolute atomic E-state index is 6.10. The van der Waals surface area contributed by atoms with Gasteiger partial charge in [0.2, 0.25) is 0 Å². The number of alkyl halides is 1. The fourth-order valence-electron chi connectivity index (χ4n) is 3.07. The zero-order valence-electron chi connectivity index (χ0n) is 12.7. The first-order valence-electron chi connectivity index (χ1n) is 8.06. The predicted octanol–water partition coefficient (Wildman–Crippen LogP) is 5.75. The van der Waals surface area contributed by atoms with Crippen LogP contribution in [-0.2, 0) is 6.42 Å². The summed E-state index contributed by atoms with van der Waals surface area (Å²) in [5.41, 5.74) is 1.75. The fraction of sp³-hybridized carbons (Fsp3) is 0.667. The Morgan fingerprint density at radius 3 is 2.25 bits per heavy atom. The minimum atomic E-state index is 0.346. The molecule has 0 amide bonds. The third kappa shape index (κ3) is 4.51. The zero-order valence-corrected chi connectivity index (χ0v) is 14.3. The molecule has 1 fully saturated rings. The van der Waals surface area contributed by atoms with Crippen molar-refractivity contribution < 1.29 is 4.74 Å². The smallest absolute Gasteiger partial charge is 0.119 e. The van der Waals surface area contributed by atoms with Crippen molar-refractivity contribution in [3.8, 4) is 5.75 Å². The minimum absolute atomic E-state index is 0.346. The van der Waals surface area contributed by atoms with Crippen LogP contribution in [0.4, 0.5) is 0 Å². The van der Waals surface area contributed by atoms with Crippen molar-refractivity contribution in [2.45, 2.75) is 58.3 Å². The molecule has 1 aliphatic carbocycles. The summed E-state index contributed by atoms with van der Waals surface area (Å²) in [4.78, 5) is 0. The highest BCUT2D eigenvalue weighted by Crippen LogP contribution is 2.37. The van der Waals surface area contributed by atoms with Crippen molar-refractivity contribution in [3.05, 3.63) is 29.8 Å². The van der Waals surface area contributed by atoms with Gasteiger partial charge in [-0.05, 0) is 37.0 Å². The summed E-state index contributed by atoms with van der Waals surface area (Å²) in [6, 6.07) is 8.66. The van der Waals surface area contributed by atoms with Crippen molar-refractivity contribution in [3.63, 3.8) is 0 Å². The van der Waals surface area contributed by atoms with Crippen LogP contribution in [0.1, 0.15) is 57.4 Å². The lowest BCUT2D eigenvalue weighted by molar-refractivity contribution is 0.149. The van der Waals surface area contributed by atoms with E-state index < -0.39 is 0 Å². The molecule has 0 heterocycles. The first-order chi connectivity index (χ1) is 9.78. The van der Waals surface area contributed by atoms with Crippen LogP contribution in [-0.4, -0.2) is 11.9 Å². The van der Waals surface area contributed by atoms with Gasteiger partial charge in [-0.25, -0.2) is 0 Å². The van der Waals surface area contributed by atoms with E-state index in [1.54, 1.807) is 0 Å². The molecule has 0 saturated heterocycles. The molecule has 2 rings (SSSR count). The summed E-state index contributed by atoms with van der Waals surface area (Å²) < 4.78 is 6.10. The average molecular weight is 339 g/mol. The summed E-state index contributed by atoms with van der Waals surface area (Å²) in [6.45, 7) is 3.07. The van der Waals surface area contributed by atoms with Crippen molar-refractivity contribution >= 4 is 15.9 Å². The molecule has 1 aromatic carbocycles. The largest absolute Gasteiger partial charge is 0.493 e. The van der Waals surface area contributed by atoms with Crippen LogP contribution in [0.3, 0.4) is 0 Å². The molecule has 112 valence electrons. The normalized spacial score (nSPS) is 18.5. The highest BCUT2D eigenvalue weighted by molar-refractivity contribution is 9.09. The number of rotatable bonds is 6. The molecule has 1 saturated carbocycles. The maximum Gasteiger partial charge on any atom is 0.119 e. The molecule has 0 aliphatic heterocycles. The lowest BCUT2D eigenvalue weighted by atomic mass is 9.83. The summed E-state index contributed by atoms with van der Waals surface area (Å²) in [5.74, 6) is 1.02. The Kier molecular flexibility index (Phi) is 6.41. The standard InChI is InChI=1S/C18H27BrO/c1-2-7-16-8-10-17(11-9-16)20-15-18(14-19)12-5-3-4-6-13-18/h8-11H,2-7,12-15H2,1H3. The lowest BCUT2D eigenvalue weighted by Gasteiger charge is -2.30. The van der Waals surface area contributed by atoms with Gasteiger partial charge in [0.05, 0.1) is 6.61 Å². The fourth-order valence-corrected chi connectivity index (χ4v) is 3.80. The number of hydrogen-bond acceptors (Lipinski definition) is 1. The molecule has 0 spiro atoms. The van der Waals surface area contributed by atoms with E-state index in [9.17, 15) is 0 Å².